The molecule has 1 unspecified atom stereocenters. The molecule has 2 heterocycles. The molecule has 1 aliphatic heterocycles. The number of thiazole rings is 1. The van der Waals surface area contributed by atoms with Gasteiger partial charge in [-0.1, -0.05) is 48.5 Å². The van der Waals surface area contributed by atoms with Crippen LogP contribution in [0, 0.1) is 20.8 Å². The zero-order chi connectivity index (χ0) is 27.8. The average molecular weight is 539 g/mol. The monoisotopic (exact) mass is 538 g/mol. The van der Waals surface area contributed by atoms with E-state index in [2.05, 4.69) is 4.98 Å². The fourth-order valence-electron chi connectivity index (χ4n) is 4.64. The molecule has 0 saturated carbocycles. The van der Waals surface area contributed by atoms with Gasteiger partial charge >= 0.3 is 5.97 Å². The third-order valence-electron chi connectivity index (χ3n) is 6.68. The van der Waals surface area contributed by atoms with Crippen LogP contribution in [0.3, 0.4) is 0 Å². The Morgan fingerprint density at radius 3 is 2.38 bits per heavy atom. The first-order valence-corrected chi connectivity index (χ1v) is 13.2. The van der Waals surface area contributed by atoms with Crippen LogP contribution in [-0.4, -0.2) is 27.8 Å². The van der Waals surface area contributed by atoms with Gasteiger partial charge in [-0.3, -0.25) is 19.3 Å². The van der Waals surface area contributed by atoms with E-state index in [1.54, 1.807) is 37.3 Å². The molecule has 4 aromatic rings. The van der Waals surface area contributed by atoms with E-state index in [0.29, 0.717) is 26.8 Å². The number of hydrogen-bond donors (Lipinski definition) is 1. The number of aliphatic hydroxyl groups is 1. The molecule has 39 heavy (non-hydrogen) atoms. The molecule has 8 heteroatoms. The maximum Gasteiger partial charge on any atom is 0.308 e. The first-order valence-electron chi connectivity index (χ1n) is 12.4. The summed E-state index contributed by atoms with van der Waals surface area (Å²) in [5.41, 5.74) is 4.37. The van der Waals surface area contributed by atoms with Gasteiger partial charge in [0, 0.05) is 18.2 Å². The van der Waals surface area contributed by atoms with Crippen LogP contribution in [0.25, 0.3) is 10.6 Å². The highest BCUT2D eigenvalue weighted by atomic mass is 32.1. The van der Waals surface area contributed by atoms with E-state index >= 15 is 0 Å². The minimum absolute atomic E-state index is 0.0513. The van der Waals surface area contributed by atoms with Crippen molar-refractivity contribution >= 4 is 34.7 Å². The van der Waals surface area contributed by atoms with Crippen molar-refractivity contribution in [3.05, 3.63) is 111 Å². The Morgan fingerprint density at radius 1 is 0.949 bits per heavy atom. The molecule has 1 amide bonds. The molecule has 0 radical (unpaired) electrons. The lowest BCUT2D eigenvalue weighted by Gasteiger charge is -2.27. The summed E-state index contributed by atoms with van der Waals surface area (Å²) in [6.45, 7) is 6.93. The van der Waals surface area contributed by atoms with Crippen molar-refractivity contribution in [2.45, 2.75) is 33.7 Å². The molecule has 3 aromatic carbocycles. The Hall–Kier alpha value is -4.56. The number of carbonyl (C=O) groups excluding carboxylic acids is 3. The SMILES string of the molecule is CC(=O)Oc1cccc(C2C(C(=O)c3sc(-c4ccccc4)nc3C)=C(O)C(=O)N2c2ccc(C)c(C)c2)c1. The number of benzene rings is 3. The van der Waals surface area contributed by atoms with Gasteiger partial charge in [0.2, 0.25) is 5.78 Å². The molecule has 5 rings (SSSR count). The number of ketones is 1. The number of rotatable bonds is 6. The molecule has 0 spiro atoms. The number of amides is 1. The van der Waals surface area contributed by atoms with E-state index in [1.165, 1.54) is 23.2 Å². The van der Waals surface area contributed by atoms with Crippen LogP contribution in [0.1, 0.15) is 45.0 Å². The van der Waals surface area contributed by atoms with Crippen LogP contribution in [0.4, 0.5) is 5.69 Å². The van der Waals surface area contributed by atoms with Crippen LogP contribution in [0.5, 0.6) is 5.75 Å². The summed E-state index contributed by atoms with van der Waals surface area (Å²) in [5.74, 6) is -2.01. The standard InChI is InChI=1S/C31H26N2O5S/c1-17-13-14-23(15-18(17)2)33-26(22-11-8-12-24(16-22)38-20(4)34)25(28(36)31(33)37)27(35)29-19(3)32-30(39-29)21-9-6-5-7-10-21/h5-16,26,36H,1-4H3. The minimum atomic E-state index is -0.954. The summed E-state index contributed by atoms with van der Waals surface area (Å²) in [4.78, 5) is 45.6. The van der Waals surface area contributed by atoms with Crippen LogP contribution in [-0.2, 0) is 9.59 Å². The minimum Gasteiger partial charge on any atom is -0.503 e. The second-order valence-corrected chi connectivity index (χ2v) is 10.4. The highest BCUT2D eigenvalue weighted by molar-refractivity contribution is 7.17. The smallest absolute Gasteiger partial charge is 0.308 e. The predicted octanol–water partition coefficient (Wildman–Crippen LogP) is 6.44. The molecule has 0 bridgehead atoms. The van der Waals surface area contributed by atoms with Gasteiger partial charge in [-0.15, -0.1) is 11.3 Å². The fourth-order valence-corrected chi connectivity index (χ4v) is 5.67. The van der Waals surface area contributed by atoms with Gasteiger partial charge in [0.1, 0.15) is 10.8 Å². The Balaban J connectivity index is 1.65. The topological polar surface area (TPSA) is 96.8 Å². The quantitative estimate of drug-likeness (QED) is 0.172. The number of aliphatic hydroxyl groups excluding tert-OH is 1. The van der Waals surface area contributed by atoms with Crippen molar-refractivity contribution in [3.63, 3.8) is 0 Å². The number of carbonyl (C=O) groups is 3. The Bertz CT molecular complexity index is 1650. The Labute approximate surface area is 230 Å². The van der Waals surface area contributed by atoms with Crippen molar-refractivity contribution in [3.8, 4) is 16.3 Å². The van der Waals surface area contributed by atoms with Gasteiger partial charge < -0.3 is 9.84 Å². The molecule has 7 nitrogen and oxygen atoms in total. The van der Waals surface area contributed by atoms with E-state index in [9.17, 15) is 19.5 Å². The van der Waals surface area contributed by atoms with Gasteiger partial charge in [-0.25, -0.2) is 4.98 Å². The van der Waals surface area contributed by atoms with Gasteiger partial charge in [0.15, 0.2) is 5.76 Å². The van der Waals surface area contributed by atoms with Crippen molar-refractivity contribution in [1.29, 1.82) is 0 Å². The highest BCUT2D eigenvalue weighted by Crippen LogP contribution is 2.44. The van der Waals surface area contributed by atoms with Crippen molar-refractivity contribution in [1.82, 2.24) is 4.98 Å². The summed E-state index contributed by atoms with van der Waals surface area (Å²) < 4.78 is 5.28. The number of aryl methyl sites for hydroxylation is 3. The molecule has 0 saturated heterocycles. The molecule has 1 aliphatic rings. The summed E-state index contributed by atoms with van der Waals surface area (Å²) in [6, 6.07) is 20.7. The van der Waals surface area contributed by atoms with E-state index in [4.69, 9.17) is 4.74 Å². The number of ether oxygens (including phenoxy) is 1. The second kappa shape index (κ2) is 10.3. The maximum absolute atomic E-state index is 14.1. The Morgan fingerprint density at radius 2 is 1.69 bits per heavy atom. The largest absolute Gasteiger partial charge is 0.503 e. The van der Waals surface area contributed by atoms with Crippen molar-refractivity contribution in [2.24, 2.45) is 0 Å². The third-order valence-corrected chi connectivity index (χ3v) is 7.89. The molecule has 1 N–H and O–H groups in total. The van der Waals surface area contributed by atoms with Gasteiger partial charge in [-0.2, -0.15) is 0 Å². The lowest BCUT2D eigenvalue weighted by atomic mass is 9.94. The number of aromatic nitrogens is 1. The maximum atomic E-state index is 14.1. The summed E-state index contributed by atoms with van der Waals surface area (Å²) in [6.07, 6.45) is 0. The van der Waals surface area contributed by atoms with E-state index < -0.39 is 29.5 Å². The van der Waals surface area contributed by atoms with E-state index in [1.807, 2.05) is 56.3 Å². The van der Waals surface area contributed by atoms with Gasteiger partial charge in [0.05, 0.1) is 22.2 Å². The van der Waals surface area contributed by atoms with Crippen molar-refractivity contribution < 1.29 is 24.2 Å². The number of Topliss-reactive ketones (excluding diaryl/α,β-unsaturated/α-hetero) is 1. The van der Waals surface area contributed by atoms with Gasteiger partial charge in [-0.05, 0) is 61.7 Å². The molecule has 196 valence electrons. The average Bonchev–Trinajstić information content (AvgIpc) is 3.43. The first kappa shape index (κ1) is 26.1. The molecule has 0 fully saturated rings. The molecule has 1 atom stereocenters. The fraction of sp³-hybridized carbons (Fsp3) is 0.161. The van der Waals surface area contributed by atoms with Crippen LogP contribution in [0.2, 0.25) is 0 Å². The first-order chi connectivity index (χ1) is 18.7. The lowest BCUT2D eigenvalue weighted by molar-refractivity contribution is -0.131. The molecule has 0 aliphatic carbocycles. The highest BCUT2D eigenvalue weighted by Gasteiger charge is 2.45. The summed E-state index contributed by atoms with van der Waals surface area (Å²) in [5, 5.41) is 11.8. The number of anilines is 1. The Kier molecular flexibility index (Phi) is 6.89. The normalized spacial score (nSPS) is 15.1. The lowest BCUT2D eigenvalue weighted by Crippen LogP contribution is -2.31. The molecular weight excluding hydrogens is 512 g/mol. The number of esters is 1. The predicted molar refractivity (Wildman–Crippen MR) is 150 cm³/mol. The van der Waals surface area contributed by atoms with Crippen molar-refractivity contribution in [2.75, 3.05) is 4.90 Å². The zero-order valence-corrected chi connectivity index (χ0v) is 22.7. The van der Waals surface area contributed by atoms with E-state index in [-0.39, 0.29) is 11.3 Å². The summed E-state index contributed by atoms with van der Waals surface area (Å²) >= 11 is 1.22. The van der Waals surface area contributed by atoms with E-state index in [0.717, 1.165) is 16.7 Å². The molecular formula is C31H26N2O5S. The molecule has 1 aromatic heterocycles. The summed E-state index contributed by atoms with van der Waals surface area (Å²) in [7, 11) is 0. The van der Waals surface area contributed by atoms with Crippen LogP contribution < -0.4 is 9.64 Å². The zero-order valence-electron chi connectivity index (χ0n) is 21.9. The van der Waals surface area contributed by atoms with Gasteiger partial charge in [0.25, 0.3) is 5.91 Å². The van der Waals surface area contributed by atoms with Crippen LogP contribution in [0.15, 0.2) is 84.1 Å². The second-order valence-electron chi connectivity index (χ2n) is 9.40. The third kappa shape index (κ3) is 4.86. The number of hydrogen-bond acceptors (Lipinski definition) is 7. The number of nitrogens with zero attached hydrogens (tertiary/aromatic N) is 2. The van der Waals surface area contributed by atoms with Crippen LogP contribution >= 0.6 is 11.3 Å².